The number of carboxylic acid groups (broad SMARTS) is 1. The fourth-order valence-electron chi connectivity index (χ4n) is 3.58. The molecule has 0 amide bonds. The number of thioether (sulfide) groups is 1. The predicted octanol–water partition coefficient (Wildman–Crippen LogP) is 1.95. The number of aliphatic hydroxyl groups excluding tert-OH is 3. The molecule has 0 saturated carbocycles. The molecule has 1 aliphatic heterocycles. The van der Waals surface area contributed by atoms with Crippen LogP contribution in [0, 0.1) is 0 Å². The van der Waals surface area contributed by atoms with E-state index < -0.39 is 41.9 Å². The van der Waals surface area contributed by atoms with Crippen molar-refractivity contribution in [3.05, 3.63) is 64.2 Å². The highest BCUT2D eigenvalue weighted by atomic mass is 35.5. The normalized spacial score (nSPS) is 26.1. The van der Waals surface area contributed by atoms with E-state index in [1.165, 1.54) is 11.8 Å². The lowest BCUT2D eigenvalue weighted by atomic mass is 9.92. The summed E-state index contributed by atoms with van der Waals surface area (Å²) in [5.41, 5.74) is 7.23. The second-order valence-corrected chi connectivity index (χ2v) is 9.23. The molecule has 6 atom stereocenters. The fraction of sp³-hybridized carbons (Fsp3) is 0.435. The van der Waals surface area contributed by atoms with Gasteiger partial charge in [-0.25, -0.2) is 0 Å². The van der Waals surface area contributed by atoms with Crippen LogP contribution in [-0.2, 0) is 16.0 Å². The third-order valence-corrected chi connectivity index (χ3v) is 6.76. The van der Waals surface area contributed by atoms with Gasteiger partial charge in [0.25, 0.3) is 0 Å². The van der Waals surface area contributed by atoms with Gasteiger partial charge in [-0.3, -0.25) is 4.79 Å². The Morgan fingerprint density at radius 3 is 2.48 bits per heavy atom. The third kappa shape index (κ3) is 6.39. The quantitative estimate of drug-likeness (QED) is 0.351. The van der Waals surface area contributed by atoms with Crippen LogP contribution in [0.3, 0.4) is 0 Å². The number of aliphatic hydroxyl groups is 3. The zero-order valence-electron chi connectivity index (χ0n) is 18.0. The van der Waals surface area contributed by atoms with E-state index >= 15 is 0 Å². The first-order valence-electron chi connectivity index (χ1n) is 10.4. The molecule has 0 aromatic heterocycles. The first kappa shape index (κ1) is 25.8. The summed E-state index contributed by atoms with van der Waals surface area (Å²) >= 11 is 7.66. The lowest BCUT2D eigenvalue weighted by Gasteiger charge is -2.40. The number of benzene rings is 2. The van der Waals surface area contributed by atoms with Crippen LogP contribution >= 0.6 is 23.4 Å². The largest absolute Gasteiger partial charge is 0.494 e. The Hall–Kier alpha value is -1.85. The van der Waals surface area contributed by atoms with E-state index in [1.807, 2.05) is 18.2 Å². The Morgan fingerprint density at radius 2 is 1.85 bits per heavy atom. The third-order valence-electron chi connectivity index (χ3n) is 5.53. The molecule has 3 rings (SSSR count). The van der Waals surface area contributed by atoms with E-state index in [-0.39, 0.29) is 13.0 Å². The minimum absolute atomic E-state index is 0.196. The average Bonchev–Trinajstić information content (AvgIpc) is 2.80. The van der Waals surface area contributed by atoms with Gasteiger partial charge < -0.3 is 35.6 Å². The molecular weight excluding hydrogens is 470 g/mol. The monoisotopic (exact) mass is 497 g/mol. The highest BCUT2D eigenvalue weighted by Crippen LogP contribution is 2.37. The number of rotatable bonds is 9. The molecule has 33 heavy (non-hydrogen) atoms. The summed E-state index contributed by atoms with van der Waals surface area (Å²) < 4.78 is 11.4. The second-order valence-electron chi connectivity index (χ2n) is 7.89. The van der Waals surface area contributed by atoms with E-state index in [0.29, 0.717) is 22.8 Å². The van der Waals surface area contributed by atoms with Crippen molar-refractivity contribution >= 4 is 29.3 Å². The van der Waals surface area contributed by atoms with Crippen molar-refractivity contribution in [2.24, 2.45) is 5.73 Å². The summed E-state index contributed by atoms with van der Waals surface area (Å²) in [4.78, 5) is 10.8. The molecule has 1 aliphatic rings. The Kier molecular flexibility index (Phi) is 9.00. The standard InChI is InChI=1S/C23H28ClNO7S/c1-33-23-20(28)18(26)19(27)21(32-23)13-4-7-16(24)14(11-13)10-12-2-5-15(6-3-12)31-9-8-17(25)22(29)30/h2-7,11,17-21,23,26-28H,8-10,25H2,1H3,(H,29,30)/t17?,18-,19-,20+,21+,23-/m1/s1. The highest BCUT2D eigenvalue weighted by molar-refractivity contribution is 7.99. The van der Waals surface area contributed by atoms with Gasteiger partial charge in [0.15, 0.2) is 0 Å². The van der Waals surface area contributed by atoms with Gasteiger partial charge in [0, 0.05) is 11.4 Å². The molecule has 2 aromatic rings. The molecule has 0 bridgehead atoms. The maximum atomic E-state index is 10.8. The van der Waals surface area contributed by atoms with E-state index in [9.17, 15) is 20.1 Å². The lowest BCUT2D eigenvalue weighted by molar-refractivity contribution is -0.200. The molecule has 1 saturated heterocycles. The fourth-order valence-corrected chi connectivity index (χ4v) is 4.43. The zero-order valence-corrected chi connectivity index (χ0v) is 19.6. The number of hydrogen-bond donors (Lipinski definition) is 5. The van der Waals surface area contributed by atoms with Crippen LogP contribution < -0.4 is 10.5 Å². The average molecular weight is 498 g/mol. The van der Waals surface area contributed by atoms with Crippen molar-refractivity contribution in [2.75, 3.05) is 12.9 Å². The molecule has 6 N–H and O–H groups in total. The molecule has 2 aromatic carbocycles. The van der Waals surface area contributed by atoms with Crippen LogP contribution in [0.4, 0.5) is 0 Å². The van der Waals surface area contributed by atoms with Crippen molar-refractivity contribution in [1.82, 2.24) is 0 Å². The van der Waals surface area contributed by atoms with Gasteiger partial charge in [-0.2, -0.15) is 0 Å². The molecule has 1 heterocycles. The molecule has 1 unspecified atom stereocenters. The van der Waals surface area contributed by atoms with Gasteiger partial charge in [0.2, 0.25) is 0 Å². The highest BCUT2D eigenvalue weighted by Gasteiger charge is 2.44. The van der Waals surface area contributed by atoms with Crippen LogP contribution in [0.1, 0.15) is 29.2 Å². The zero-order chi connectivity index (χ0) is 24.1. The molecule has 0 radical (unpaired) electrons. The van der Waals surface area contributed by atoms with Crippen LogP contribution in [0.2, 0.25) is 5.02 Å². The molecule has 10 heteroatoms. The molecule has 0 spiro atoms. The van der Waals surface area contributed by atoms with Gasteiger partial charge in [0.05, 0.1) is 6.61 Å². The lowest BCUT2D eigenvalue weighted by Crippen LogP contribution is -2.52. The Bertz CT molecular complexity index is 943. The summed E-state index contributed by atoms with van der Waals surface area (Å²) in [5, 5.41) is 40.1. The smallest absolute Gasteiger partial charge is 0.320 e. The van der Waals surface area contributed by atoms with Gasteiger partial charge in [0.1, 0.15) is 41.6 Å². The van der Waals surface area contributed by atoms with Gasteiger partial charge in [-0.15, -0.1) is 11.8 Å². The summed E-state index contributed by atoms with van der Waals surface area (Å²) in [6.45, 7) is 0.196. The summed E-state index contributed by atoms with van der Waals surface area (Å²) in [6.07, 6.45) is -2.10. The Morgan fingerprint density at radius 1 is 1.15 bits per heavy atom. The number of aliphatic carboxylic acids is 1. The van der Waals surface area contributed by atoms with Crippen LogP contribution in [0.25, 0.3) is 0 Å². The van der Waals surface area contributed by atoms with E-state index in [1.54, 1.807) is 30.5 Å². The van der Waals surface area contributed by atoms with E-state index in [2.05, 4.69) is 0 Å². The number of halogens is 1. The van der Waals surface area contributed by atoms with Crippen LogP contribution in [0.5, 0.6) is 5.75 Å². The van der Waals surface area contributed by atoms with Crippen molar-refractivity contribution in [3.63, 3.8) is 0 Å². The number of ether oxygens (including phenoxy) is 2. The van der Waals surface area contributed by atoms with Crippen molar-refractivity contribution in [1.29, 1.82) is 0 Å². The Labute approximate surface area is 201 Å². The predicted molar refractivity (Wildman–Crippen MR) is 126 cm³/mol. The van der Waals surface area contributed by atoms with E-state index in [0.717, 1.165) is 11.1 Å². The minimum atomic E-state index is -1.32. The van der Waals surface area contributed by atoms with Crippen LogP contribution in [0.15, 0.2) is 42.5 Å². The maximum Gasteiger partial charge on any atom is 0.320 e. The number of nitrogens with two attached hydrogens (primary N) is 1. The van der Waals surface area contributed by atoms with Crippen LogP contribution in [-0.4, -0.2) is 69.0 Å². The van der Waals surface area contributed by atoms with Gasteiger partial charge in [-0.1, -0.05) is 35.9 Å². The topological polar surface area (TPSA) is 142 Å². The molecule has 0 aliphatic carbocycles. The molecule has 180 valence electrons. The summed E-state index contributed by atoms with van der Waals surface area (Å²) in [7, 11) is 0. The SMILES string of the molecule is CS[C@H]1O[C@@H](c2ccc(Cl)c(Cc3ccc(OCCC(N)C(=O)O)cc3)c2)[C@H](O)[C@@H](O)[C@@H]1O. The number of carboxylic acids is 1. The van der Waals surface area contributed by atoms with Gasteiger partial charge in [-0.05, 0) is 47.6 Å². The first-order valence-corrected chi connectivity index (χ1v) is 12.1. The number of carbonyl (C=O) groups is 1. The summed E-state index contributed by atoms with van der Waals surface area (Å²) in [5.74, 6) is -0.459. The summed E-state index contributed by atoms with van der Waals surface area (Å²) in [6, 6.07) is 11.7. The second kappa shape index (κ2) is 11.5. The Balaban J connectivity index is 1.68. The van der Waals surface area contributed by atoms with Gasteiger partial charge >= 0.3 is 5.97 Å². The van der Waals surface area contributed by atoms with E-state index in [4.69, 9.17) is 31.9 Å². The molecule has 1 fully saturated rings. The molecular formula is C23H28ClNO7S. The van der Waals surface area contributed by atoms with Crippen molar-refractivity contribution < 1.29 is 34.7 Å². The number of hydrogen-bond acceptors (Lipinski definition) is 8. The van der Waals surface area contributed by atoms with Crippen molar-refractivity contribution in [3.8, 4) is 5.75 Å². The first-order chi connectivity index (χ1) is 15.7. The molecule has 8 nitrogen and oxygen atoms in total. The minimum Gasteiger partial charge on any atom is -0.494 e. The van der Waals surface area contributed by atoms with Crippen molar-refractivity contribution in [2.45, 2.75) is 48.7 Å². The maximum absolute atomic E-state index is 10.8.